The Bertz CT molecular complexity index is 676. The van der Waals surface area contributed by atoms with Crippen LogP contribution in [0.4, 0.5) is 4.39 Å². The normalized spacial score (nSPS) is 10.9. The number of fused-ring (bicyclic) bond motifs is 1. The van der Waals surface area contributed by atoms with E-state index in [2.05, 4.69) is 25.9 Å². The van der Waals surface area contributed by atoms with Crippen LogP contribution in [0.1, 0.15) is 0 Å². The molecule has 2 aromatic heterocycles. The smallest absolute Gasteiger partial charge is 0.171 e. The first-order chi connectivity index (χ1) is 8.25. The highest BCUT2D eigenvalue weighted by Crippen LogP contribution is 2.24. The zero-order valence-corrected chi connectivity index (χ0v) is 10.2. The van der Waals surface area contributed by atoms with Crippen molar-refractivity contribution in [3.05, 3.63) is 53.1 Å². The fourth-order valence-electron chi connectivity index (χ4n) is 1.69. The van der Waals surface area contributed by atoms with Crippen molar-refractivity contribution in [1.82, 2.24) is 14.4 Å². The molecule has 0 radical (unpaired) electrons. The average Bonchev–Trinajstić information content (AvgIpc) is 2.69. The van der Waals surface area contributed by atoms with E-state index in [4.69, 9.17) is 0 Å². The lowest BCUT2D eigenvalue weighted by Crippen LogP contribution is -1.90. The van der Waals surface area contributed by atoms with Crippen LogP contribution in [0.15, 0.2) is 47.3 Å². The molecule has 0 atom stereocenters. The zero-order valence-electron chi connectivity index (χ0n) is 8.64. The van der Waals surface area contributed by atoms with Gasteiger partial charge in [-0.25, -0.2) is 14.4 Å². The molecule has 1 aromatic carbocycles. The van der Waals surface area contributed by atoms with Crippen molar-refractivity contribution >= 4 is 21.6 Å². The minimum Gasteiger partial charge on any atom is -0.283 e. The van der Waals surface area contributed by atoms with Crippen LogP contribution in [0, 0.1) is 5.82 Å². The fourth-order valence-corrected chi connectivity index (χ4v) is 2.16. The molecule has 0 aliphatic heterocycles. The predicted molar refractivity (Wildman–Crippen MR) is 66.1 cm³/mol. The van der Waals surface area contributed by atoms with Gasteiger partial charge in [-0.2, -0.15) is 0 Å². The maximum absolute atomic E-state index is 12.9. The van der Waals surface area contributed by atoms with Crippen molar-refractivity contribution in [3.8, 4) is 11.4 Å². The van der Waals surface area contributed by atoms with Gasteiger partial charge in [-0.3, -0.25) is 4.40 Å². The van der Waals surface area contributed by atoms with Gasteiger partial charge in [0.2, 0.25) is 0 Å². The number of aromatic nitrogens is 3. The molecular formula is C12H7BrFN3. The van der Waals surface area contributed by atoms with Crippen molar-refractivity contribution in [1.29, 1.82) is 0 Å². The Morgan fingerprint density at radius 3 is 2.71 bits per heavy atom. The van der Waals surface area contributed by atoms with Crippen LogP contribution < -0.4 is 0 Å². The summed E-state index contributed by atoms with van der Waals surface area (Å²) in [5.74, 6) is 0.478. The summed E-state index contributed by atoms with van der Waals surface area (Å²) in [4.78, 5) is 8.61. The van der Waals surface area contributed by atoms with Gasteiger partial charge < -0.3 is 0 Å². The molecule has 17 heavy (non-hydrogen) atoms. The molecule has 3 aromatic rings. The van der Waals surface area contributed by atoms with E-state index in [9.17, 15) is 4.39 Å². The molecule has 0 bridgehead atoms. The highest BCUT2D eigenvalue weighted by Gasteiger charge is 2.11. The zero-order chi connectivity index (χ0) is 11.8. The Kier molecular flexibility index (Phi) is 2.40. The second-order valence-corrected chi connectivity index (χ2v) is 4.30. The van der Waals surface area contributed by atoms with Crippen molar-refractivity contribution in [2.45, 2.75) is 0 Å². The lowest BCUT2D eigenvalue weighted by atomic mass is 10.2. The first-order valence-electron chi connectivity index (χ1n) is 5.00. The molecular weight excluding hydrogens is 285 g/mol. The highest BCUT2D eigenvalue weighted by molar-refractivity contribution is 9.10. The van der Waals surface area contributed by atoms with Gasteiger partial charge in [-0.05, 0) is 46.3 Å². The van der Waals surface area contributed by atoms with Gasteiger partial charge in [0, 0.05) is 18.0 Å². The van der Waals surface area contributed by atoms with Gasteiger partial charge in [-0.1, -0.05) is 0 Å². The molecule has 0 aliphatic carbocycles. The van der Waals surface area contributed by atoms with Crippen molar-refractivity contribution in [3.63, 3.8) is 0 Å². The minimum absolute atomic E-state index is 0.258. The molecule has 0 unspecified atom stereocenters. The third-order valence-electron chi connectivity index (χ3n) is 2.47. The molecule has 0 aliphatic rings. The SMILES string of the molecule is Fc1ccc(-c2nc(Br)c3ncccn23)cc1. The largest absolute Gasteiger partial charge is 0.283 e. The van der Waals surface area contributed by atoms with Crippen LogP contribution in [0.25, 0.3) is 17.0 Å². The van der Waals surface area contributed by atoms with Crippen molar-refractivity contribution in [2.75, 3.05) is 0 Å². The summed E-state index contributed by atoms with van der Waals surface area (Å²) in [7, 11) is 0. The second-order valence-electron chi connectivity index (χ2n) is 3.55. The molecule has 0 spiro atoms. The molecule has 3 rings (SSSR count). The number of halogens is 2. The lowest BCUT2D eigenvalue weighted by Gasteiger charge is -1.99. The van der Waals surface area contributed by atoms with E-state index in [1.165, 1.54) is 12.1 Å². The monoisotopic (exact) mass is 291 g/mol. The van der Waals surface area contributed by atoms with E-state index in [1.807, 2.05) is 16.7 Å². The first kappa shape index (κ1) is 10.4. The molecule has 0 saturated carbocycles. The minimum atomic E-state index is -0.258. The Morgan fingerprint density at radius 2 is 1.94 bits per heavy atom. The molecule has 2 heterocycles. The first-order valence-corrected chi connectivity index (χ1v) is 5.79. The highest BCUT2D eigenvalue weighted by atomic mass is 79.9. The molecule has 3 nitrogen and oxygen atoms in total. The van der Waals surface area contributed by atoms with Gasteiger partial charge >= 0.3 is 0 Å². The predicted octanol–water partition coefficient (Wildman–Crippen LogP) is 3.30. The second kappa shape index (κ2) is 3.92. The number of rotatable bonds is 1. The summed E-state index contributed by atoms with van der Waals surface area (Å²) in [6.45, 7) is 0. The van der Waals surface area contributed by atoms with Crippen LogP contribution in [0.2, 0.25) is 0 Å². The van der Waals surface area contributed by atoms with Crippen LogP contribution in [0.3, 0.4) is 0 Å². The van der Waals surface area contributed by atoms with Crippen LogP contribution >= 0.6 is 15.9 Å². The van der Waals surface area contributed by atoms with Gasteiger partial charge in [0.25, 0.3) is 0 Å². The van der Waals surface area contributed by atoms with Gasteiger partial charge in [0.1, 0.15) is 11.6 Å². The van der Waals surface area contributed by atoms with Crippen molar-refractivity contribution in [2.24, 2.45) is 0 Å². The van der Waals surface area contributed by atoms with Crippen LogP contribution in [0.5, 0.6) is 0 Å². The molecule has 84 valence electrons. The quantitative estimate of drug-likeness (QED) is 0.689. The Balaban J connectivity index is 2.27. The molecule has 0 saturated heterocycles. The maximum atomic E-state index is 12.9. The molecule has 0 N–H and O–H groups in total. The number of imidazole rings is 1. The van der Waals surface area contributed by atoms with E-state index in [0.29, 0.717) is 4.60 Å². The van der Waals surface area contributed by atoms with Crippen LogP contribution in [-0.2, 0) is 0 Å². The molecule has 0 fully saturated rings. The number of hydrogen-bond donors (Lipinski definition) is 0. The van der Waals surface area contributed by atoms with Gasteiger partial charge in [0.05, 0.1) is 0 Å². The average molecular weight is 292 g/mol. The summed E-state index contributed by atoms with van der Waals surface area (Å²) in [5.41, 5.74) is 1.59. The third kappa shape index (κ3) is 1.72. The number of hydrogen-bond acceptors (Lipinski definition) is 2. The number of benzene rings is 1. The summed E-state index contributed by atoms with van der Waals surface area (Å²) in [6, 6.07) is 8.06. The Labute approximate surface area is 105 Å². The van der Waals surface area contributed by atoms with E-state index in [0.717, 1.165) is 17.0 Å². The molecule has 5 heteroatoms. The van der Waals surface area contributed by atoms with E-state index in [1.54, 1.807) is 18.3 Å². The van der Waals surface area contributed by atoms with E-state index >= 15 is 0 Å². The van der Waals surface area contributed by atoms with Crippen molar-refractivity contribution < 1.29 is 4.39 Å². The topological polar surface area (TPSA) is 30.2 Å². The van der Waals surface area contributed by atoms with E-state index in [-0.39, 0.29) is 5.82 Å². The van der Waals surface area contributed by atoms with Gasteiger partial charge in [0.15, 0.2) is 10.3 Å². The number of nitrogens with zero attached hydrogens (tertiary/aromatic N) is 3. The lowest BCUT2D eigenvalue weighted by molar-refractivity contribution is 0.628. The third-order valence-corrected chi connectivity index (χ3v) is 3.00. The van der Waals surface area contributed by atoms with Gasteiger partial charge in [-0.15, -0.1) is 0 Å². The Hall–Kier alpha value is -1.75. The summed E-state index contributed by atoms with van der Waals surface area (Å²) in [5, 5.41) is 0. The van der Waals surface area contributed by atoms with E-state index < -0.39 is 0 Å². The van der Waals surface area contributed by atoms with Crippen LogP contribution in [-0.4, -0.2) is 14.4 Å². The Morgan fingerprint density at radius 1 is 1.18 bits per heavy atom. The standard InChI is InChI=1S/C12H7BrFN3/c13-10-12-15-6-1-7-17(12)11(16-10)8-2-4-9(14)5-3-8/h1-7H. The summed E-state index contributed by atoms with van der Waals surface area (Å²) >= 11 is 3.36. The molecule has 0 amide bonds. The fraction of sp³-hybridized carbons (Fsp3) is 0. The summed E-state index contributed by atoms with van der Waals surface area (Å²) < 4.78 is 15.4. The summed E-state index contributed by atoms with van der Waals surface area (Å²) in [6.07, 6.45) is 3.58. The maximum Gasteiger partial charge on any atom is 0.171 e.